The largest absolute Gasteiger partial charge is 0.381 e. The van der Waals surface area contributed by atoms with Crippen LogP contribution in [0.1, 0.15) is 35.0 Å². The van der Waals surface area contributed by atoms with E-state index in [2.05, 4.69) is 101 Å². The molecule has 4 nitrogen and oxygen atoms in total. The minimum atomic E-state index is 0.747. The normalized spacial score (nSPS) is 11.2. The Kier molecular flexibility index (Phi) is 7.29. The number of aromatic amines is 1. The summed E-state index contributed by atoms with van der Waals surface area (Å²) in [5.41, 5.74) is 7.44. The van der Waals surface area contributed by atoms with E-state index in [-0.39, 0.29) is 0 Å². The first-order valence-corrected chi connectivity index (χ1v) is 12.9. The molecule has 36 heavy (non-hydrogen) atoms. The predicted octanol–water partition coefficient (Wildman–Crippen LogP) is 7.60. The number of H-pyrrole nitrogens is 1. The molecule has 0 radical (unpaired) electrons. The fourth-order valence-corrected chi connectivity index (χ4v) is 4.99. The number of pyridine rings is 1. The highest BCUT2D eigenvalue weighted by Crippen LogP contribution is 2.34. The molecule has 0 aliphatic carbocycles. The summed E-state index contributed by atoms with van der Waals surface area (Å²) in [6.07, 6.45) is 6.82. The Morgan fingerprint density at radius 1 is 0.944 bits per heavy atom. The number of hydrogen-bond donors (Lipinski definition) is 2. The third-order valence-corrected chi connectivity index (χ3v) is 7.11. The molecule has 0 aliphatic rings. The number of hydrogen-bond acceptors (Lipinski definition) is 4. The molecule has 0 saturated heterocycles. The van der Waals surface area contributed by atoms with Gasteiger partial charge < -0.3 is 5.32 Å². The summed E-state index contributed by atoms with van der Waals surface area (Å²) in [5, 5.41) is 12.3. The van der Waals surface area contributed by atoms with E-state index in [1.54, 1.807) is 18.0 Å². The van der Waals surface area contributed by atoms with E-state index in [1.165, 1.54) is 11.1 Å². The molecule has 5 aromatic rings. The number of nitrogens with one attached hydrogen (secondary N) is 2. The molecule has 0 unspecified atom stereocenters. The Balaban J connectivity index is 1.30. The average molecular weight is 489 g/mol. The van der Waals surface area contributed by atoms with Crippen LogP contribution >= 0.6 is 11.8 Å². The summed E-state index contributed by atoms with van der Waals surface area (Å²) in [6.45, 7) is 7.24. The van der Waals surface area contributed by atoms with Crippen LogP contribution in [0.2, 0.25) is 0 Å². The third kappa shape index (κ3) is 5.58. The fourth-order valence-electron chi connectivity index (χ4n) is 3.98. The summed E-state index contributed by atoms with van der Waals surface area (Å²) in [6, 6.07) is 29.4. The lowest BCUT2D eigenvalue weighted by Gasteiger charge is -2.14. The molecule has 0 amide bonds. The van der Waals surface area contributed by atoms with Crippen molar-refractivity contribution in [2.24, 2.45) is 0 Å². The van der Waals surface area contributed by atoms with E-state index in [4.69, 9.17) is 0 Å². The molecule has 2 heterocycles. The second kappa shape index (κ2) is 11.1. The van der Waals surface area contributed by atoms with Crippen molar-refractivity contribution in [1.82, 2.24) is 20.5 Å². The second-order valence-electron chi connectivity index (χ2n) is 8.50. The Labute approximate surface area is 216 Å². The Bertz CT molecular complexity index is 1500. The molecule has 2 aromatic heterocycles. The van der Waals surface area contributed by atoms with Crippen molar-refractivity contribution in [3.8, 4) is 0 Å². The summed E-state index contributed by atoms with van der Waals surface area (Å²) in [4.78, 5) is 6.64. The lowest BCUT2D eigenvalue weighted by atomic mass is 10.1. The van der Waals surface area contributed by atoms with E-state index < -0.39 is 0 Å². The molecule has 3 aromatic carbocycles. The van der Waals surface area contributed by atoms with Crippen molar-refractivity contribution < 1.29 is 0 Å². The van der Waals surface area contributed by atoms with Crippen molar-refractivity contribution in [1.29, 1.82) is 0 Å². The van der Waals surface area contributed by atoms with Crippen molar-refractivity contribution >= 4 is 40.5 Å². The number of aromatic nitrogens is 3. The van der Waals surface area contributed by atoms with Crippen LogP contribution in [0, 0.1) is 0 Å². The van der Waals surface area contributed by atoms with Gasteiger partial charge in [-0.1, -0.05) is 73.8 Å². The Morgan fingerprint density at radius 3 is 2.56 bits per heavy atom. The zero-order valence-electron chi connectivity index (χ0n) is 20.2. The molecule has 0 spiro atoms. The van der Waals surface area contributed by atoms with E-state index in [1.807, 2.05) is 30.4 Å². The molecule has 2 N–H and O–H groups in total. The molecule has 178 valence electrons. The van der Waals surface area contributed by atoms with Crippen molar-refractivity contribution in [3.63, 3.8) is 0 Å². The van der Waals surface area contributed by atoms with Crippen LogP contribution in [0.3, 0.4) is 0 Å². The van der Waals surface area contributed by atoms with Gasteiger partial charge in [0.05, 0.1) is 16.9 Å². The smallest absolute Gasteiger partial charge is 0.0928 e. The average Bonchev–Trinajstić information content (AvgIpc) is 3.34. The van der Waals surface area contributed by atoms with Gasteiger partial charge in [-0.2, -0.15) is 5.10 Å². The fraction of sp³-hybridized carbons (Fsp3) is 0.0968. The van der Waals surface area contributed by atoms with Gasteiger partial charge in [0.1, 0.15) is 0 Å². The van der Waals surface area contributed by atoms with Crippen LogP contribution < -0.4 is 5.32 Å². The first-order chi connectivity index (χ1) is 17.7. The summed E-state index contributed by atoms with van der Waals surface area (Å²) >= 11 is 1.73. The van der Waals surface area contributed by atoms with Crippen LogP contribution in [-0.4, -0.2) is 15.2 Å². The van der Waals surface area contributed by atoms with Gasteiger partial charge in [0.15, 0.2) is 0 Å². The lowest BCUT2D eigenvalue weighted by molar-refractivity contribution is 0.887. The van der Waals surface area contributed by atoms with Crippen LogP contribution in [-0.2, 0) is 13.0 Å². The Hall–Kier alpha value is -4.09. The van der Waals surface area contributed by atoms with Crippen molar-refractivity contribution in [2.45, 2.75) is 29.7 Å². The molecule has 0 atom stereocenters. The highest BCUT2D eigenvalue weighted by molar-refractivity contribution is 7.99. The minimum Gasteiger partial charge on any atom is -0.381 e. The van der Waals surface area contributed by atoms with Crippen LogP contribution in [0.4, 0.5) is 0 Å². The first kappa shape index (κ1) is 23.6. The van der Waals surface area contributed by atoms with Gasteiger partial charge in [0.25, 0.3) is 0 Å². The number of fused-ring (bicyclic) bond motifs is 1. The molecule has 0 saturated carbocycles. The van der Waals surface area contributed by atoms with Gasteiger partial charge >= 0.3 is 0 Å². The standard InChI is InChI=1S/C31H28N4S/c1-3-23-11-13-24(14-12-23)21-33-22(2)27-9-4-5-10-31(27)36-26-16-17-28-29(34-35-30(28)20-26)18-15-25-8-6-7-19-32-25/h4-20,33H,2-3,21H2,1H3,(H,34,35)/b18-15+. The number of benzene rings is 3. The number of aryl methyl sites for hydroxylation is 1. The van der Waals surface area contributed by atoms with E-state index in [0.29, 0.717) is 0 Å². The lowest BCUT2D eigenvalue weighted by Crippen LogP contribution is -2.11. The third-order valence-electron chi connectivity index (χ3n) is 6.04. The van der Waals surface area contributed by atoms with Gasteiger partial charge in [-0.3, -0.25) is 10.1 Å². The molecule has 0 bridgehead atoms. The molecule has 0 fully saturated rings. The van der Waals surface area contributed by atoms with Gasteiger partial charge in [-0.25, -0.2) is 0 Å². The maximum atomic E-state index is 4.50. The SMILES string of the molecule is C=C(NCc1ccc(CC)cc1)c1ccccc1Sc1ccc2c(/C=C/c3ccccn3)n[nH]c2c1. The summed E-state index contributed by atoms with van der Waals surface area (Å²) < 4.78 is 0. The van der Waals surface area contributed by atoms with Crippen LogP contribution in [0.15, 0.2) is 107 Å². The minimum absolute atomic E-state index is 0.747. The van der Waals surface area contributed by atoms with Gasteiger partial charge in [0, 0.05) is 39.2 Å². The molecular formula is C31H28N4S. The molecule has 5 rings (SSSR count). The number of nitrogens with zero attached hydrogens (tertiary/aromatic N) is 2. The van der Waals surface area contributed by atoms with Gasteiger partial charge in [0.2, 0.25) is 0 Å². The monoisotopic (exact) mass is 488 g/mol. The second-order valence-corrected chi connectivity index (χ2v) is 9.62. The molecular weight excluding hydrogens is 460 g/mol. The zero-order chi connectivity index (χ0) is 24.7. The molecule has 0 aliphatic heterocycles. The highest BCUT2D eigenvalue weighted by Gasteiger charge is 2.10. The Morgan fingerprint density at radius 2 is 1.75 bits per heavy atom. The number of rotatable bonds is 9. The van der Waals surface area contributed by atoms with Gasteiger partial charge in [-0.15, -0.1) is 0 Å². The van der Waals surface area contributed by atoms with Crippen molar-refractivity contribution in [2.75, 3.05) is 0 Å². The van der Waals surface area contributed by atoms with E-state index in [0.717, 1.165) is 56.3 Å². The van der Waals surface area contributed by atoms with E-state index >= 15 is 0 Å². The quantitative estimate of drug-likeness (QED) is 0.224. The van der Waals surface area contributed by atoms with E-state index in [9.17, 15) is 0 Å². The van der Waals surface area contributed by atoms with Crippen molar-refractivity contribution in [3.05, 3.63) is 126 Å². The maximum Gasteiger partial charge on any atom is 0.0928 e. The topological polar surface area (TPSA) is 53.6 Å². The highest BCUT2D eigenvalue weighted by atomic mass is 32.2. The van der Waals surface area contributed by atoms with Crippen LogP contribution in [0.25, 0.3) is 28.8 Å². The first-order valence-electron chi connectivity index (χ1n) is 12.0. The zero-order valence-corrected chi connectivity index (χ0v) is 21.1. The van der Waals surface area contributed by atoms with Crippen LogP contribution in [0.5, 0.6) is 0 Å². The summed E-state index contributed by atoms with van der Waals surface area (Å²) in [7, 11) is 0. The maximum absolute atomic E-state index is 4.50. The predicted molar refractivity (Wildman–Crippen MR) is 152 cm³/mol. The summed E-state index contributed by atoms with van der Waals surface area (Å²) in [5.74, 6) is 0. The molecule has 5 heteroatoms. The van der Waals surface area contributed by atoms with Gasteiger partial charge in [-0.05, 0) is 66.1 Å².